The number of halogens is 3. The summed E-state index contributed by atoms with van der Waals surface area (Å²) in [6, 6.07) is 20.9. The summed E-state index contributed by atoms with van der Waals surface area (Å²) < 4.78 is 5.73. The van der Waals surface area contributed by atoms with Gasteiger partial charge in [0.25, 0.3) is 5.91 Å². The Morgan fingerprint density at radius 2 is 1.80 bits per heavy atom. The number of carbonyl (C=O) groups is 1. The lowest BCUT2D eigenvalue weighted by atomic mass is 10.1. The van der Waals surface area contributed by atoms with Gasteiger partial charge in [-0.25, -0.2) is 0 Å². The largest absolute Gasteiger partial charge is 0.487 e. The predicted octanol–water partition coefficient (Wildman–Crippen LogP) is 6.77. The summed E-state index contributed by atoms with van der Waals surface area (Å²) in [5, 5.41) is 13.5. The standard InChI is InChI=1S/C23H15Cl3N2O2/c24-18-5-3-6-19(12-18)28-23(29)17(13-27)10-15-8-9-22(21(26)11-15)30-14-16-4-1-2-7-20(16)25/h1-12H,14H2,(H,28,29)/b17-10+. The van der Waals surface area contributed by atoms with E-state index in [1.807, 2.05) is 24.3 Å². The van der Waals surface area contributed by atoms with E-state index in [-0.39, 0.29) is 12.2 Å². The first-order valence-electron chi connectivity index (χ1n) is 8.81. The molecule has 3 aromatic rings. The maximum atomic E-state index is 12.4. The number of benzene rings is 3. The van der Waals surface area contributed by atoms with Gasteiger partial charge in [-0.2, -0.15) is 5.26 Å². The second-order valence-corrected chi connectivity index (χ2v) is 7.46. The van der Waals surface area contributed by atoms with Crippen molar-refractivity contribution in [3.8, 4) is 11.8 Å². The number of carbonyl (C=O) groups excluding carboxylic acids is 1. The van der Waals surface area contributed by atoms with Crippen molar-refractivity contribution in [3.63, 3.8) is 0 Å². The normalized spacial score (nSPS) is 10.9. The zero-order valence-corrected chi connectivity index (χ0v) is 17.8. The molecular formula is C23H15Cl3N2O2. The smallest absolute Gasteiger partial charge is 0.266 e. The Bertz CT molecular complexity index is 1150. The minimum atomic E-state index is -0.546. The average molecular weight is 458 g/mol. The van der Waals surface area contributed by atoms with Gasteiger partial charge >= 0.3 is 0 Å². The summed E-state index contributed by atoms with van der Waals surface area (Å²) in [5.41, 5.74) is 1.84. The van der Waals surface area contributed by atoms with Crippen LogP contribution in [0.5, 0.6) is 5.75 Å². The molecule has 0 aliphatic heterocycles. The molecule has 7 heteroatoms. The molecule has 30 heavy (non-hydrogen) atoms. The van der Waals surface area contributed by atoms with Crippen LogP contribution in [0.25, 0.3) is 6.08 Å². The topological polar surface area (TPSA) is 62.1 Å². The molecule has 0 aliphatic carbocycles. The summed E-state index contributed by atoms with van der Waals surface area (Å²) in [7, 11) is 0. The van der Waals surface area contributed by atoms with Gasteiger partial charge in [-0.3, -0.25) is 4.79 Å². The van der Waals surface area contributed by atoms with E-state index in [1.54, 1.807) is 48.5 Å². The Balaban J connectivity index is 1.72. The van der Waals surface area contributed by atoms with Crippen molar-refractivity contribution in [3.05, 3.63) is 98.5 Å². The first-order valence-corrected chi connectivity index (χ1v) is 9.94. The van der Waals surface area contributed by atoms with Crippen LogP contribution >= 0.6 is 34.8 Å². The van der Waals surface area contributed by atoms with E-state index in [0.717, 1.165) is 5.56 Å². The zero-order valence-electron chi connectivity index (χ0n) is 15.5. The van der Waals surface area contributed by atoms with E-state index in [9.17, 15) is 10.1 Å². The van der Waals surface area contributed by atoms with Crippen LogP contribution in [0, 0.1) is 11.3 Å². The molecule has 0 saturated carbocycles. The van der Waals surface area contributed by atoms with Crippen molar-refractivity contribution in [2.45, 2.75) is 6.61 Å². The van der Waals surface area contributed by atoms with Crippen LogP contribution in [0.2, 0.25) is 15.1 Å². The second-order valence-electron chi connectivity index (χ2n) is 6.20. The Kier molecular flexibility index (Phi) is 7.37. The highest BCUT2D eigenvalue weighted by Crippen LogP contribution is 2.28. The van der Waals surface area contributed by atoms with E-state index in [1.165, 1.54) is 6.08 Å². The van der Waals surface area contributed by atoms with Gasteiger partial charge in [-0.1, -0.05) is 65.1 Å². The summed E-state index contributed by atoms with van der Waals surface area (Å²) >= 11 is 18.3. The van der Waals surface area contributed by atoms with Crippen molar-refractivity contribution >= 4 is 52.5 Å². The number of amides is 1. The number of anilines is 1. The molecule has 150 valence electrons. The number of rotatable bonds is 6. The fourth-order valence-corrected chi connectivity index (χ4v) is 3.20. The fraction of sp³-hybridized carbons (Fsp3) is 0.0435. The monoisotopic (exact) mass is 456 g/mol. The number of hydrogen-bond acceptors (Lipinski definition) is 3. The molecule has 0 heterocycles. The molecule has 0 aromatic heterocycles. The van der Waals surface area contributed by atoms with E-state index in [2.05, 4.69) is 5.32 Å². The molecule has 0 radical (unpaired) electrons. The lowest BCUT2D eigenvalue weighted by Crippen LogP contribution is -2.13. The highest BCUT2D eigenvalue weighted by molar-refractivity contribution is 6.32. The molecule has 1 N–H and O–H groups in total. The van der Waals surface area contributed by atoms with E-state index in [0.29, 0.717) is 32.1 Å². The highest BCUT2D eigenvalue weighted by atomic mass is 35.5. The van der Waals surface area contributed by atoms with Gasteiger partial charge in [0.1, 0.15) is 24.0 Å². The molecule has 0 atom stereocenters. The Morgan fingerprint density at radius 3 is 2.50 bits per heavy atom. The lowest BCUT2D eigenvalue weighted by molar-refractivity contribution is -0.112. The summed E-state index contributed by atoms with van der Waals surface area (Å²) in [5.74, 6) is -0.0782. The summed E-state index contributed by atoms with van der Waals surface area (Å²) in [6.07, 6.45) is 1.45. The SMILES string of the molecule is N#C/C(=C\c1ccc(OCc2ccccc2Cl)c(Cl)c1)C(=O)Nc1cccc(Cl)c1. The van der Waals surface area contributed by atoms with E-state index >= 15 is 0 Å². The maximum absolute atomic E-state index is 12.4. The summed E-state index contributed by atoms with van der Waals surface area (Å²) in [6.45, 7) is 0.264. The maximum Gasteiger partial charge on any atom is 0.266 e. The Hall–Kier alpha value is -2.97. The fourth-order valence-electron chi connectivity index (χ4n) is 2.57. The second kappa shape index (κ2) is 10.2. The van der Waals surface area contributed by atoms with Gasteiger partial charge in [0, 0.05) is 21.3 Å². The minimum absolute atomic E-state index is 0.0734. The van der Waals surface area contributed by atoms with Crippen LogP contribution < -0.4 is 10.1 Å². The molecule has 0 aliphatic rings. The molecule has 0 spiro atoms. The first-order chi connectivity index (χ1) is 14.5. The van der Waals surface area contributed by atoms with Gasteiger partial charge in [0.2, 0.25) is 0 Å². The van der Waals surface area contributed by atoms with Crippen LogP contribution in [0.3, 0.4) is 0 Å². The van der Waals surface area contributed by atoms with E-state index < -0.39 is 5.91 Å². The first kappa shape index (κ1) is 21.7. The molecule has 0 unspecified atom stereocenters. The molecule has 0 saturated heterocycles. The van der Waals surface area contributed by atoms with Gasteiger partial charge < -0.3 is 10.1 Å². The third-order valence-electron chi connectivity index (χ3n) is 4.06. The van der Waals surface area contributed by atoms with Gasteiger partial charge in [-0.15, -0.1) is 0 Å². The van der Waals surface area contributed by atoms with Crippen LogP contribution in [-0.4, -0.2) is 5.91 Å². The minimum Gasteiger partial charge on any atom is -0.487 e. The Labute approximate surface area is 189 Å². The molecule has 3 rings (SSSR count). The molecule has 1 amide bonds. The van der Waals surface area contributed by atoms with Gasteiger partial charge in [-0.05, 0) is 48.0 Å². The van der Waals surface area contributed by atoms with Crippen LogP contribution in [0.15, 0.2) is 72.3 Å². The quantitative estimate of drug-likeness (QED) is 0.328. The van der Waals surface area contributed by atoms with Crippen molar-refractivity contribution < 1.29 is 9.53 Å². The third-order valence-corrected chi connectivity index (χ3v) is 4.95. The van der Waals surface area contributed by atoms with Crippen LogP contribution in [-0.2, 0) is 11.4 Å². The summed E-state index contributed by atoms with van der Waals surface area (Å²) in [4.78, 5) is 12.4. The molecule has 0 bridgehead atoms. The highest BCUT2D eigenvalue weighted by Gasteiger charge is 2.11. The third kappa shape index (κ3) is 5.77. The van der Waals surface area contributed by atoms with Gasteiger partial charge in [0.15, 0.2) is 0 Å². The van der Waals surface area contributed by atoms with Crippen LogP contribution in [0.4, 0.5) is 5.69 Å². The lowest BCUT2D eigenvalue weighted by Gasteiger charge is -2.10. The number of nitrogens with zero attached hydrogens (tertiary/aromatic N) is 1. The number of ether oxygens (including phenoxy) is 1. The van der Waals surface area contributed by atoms with Crippen LogP contribution in [0.1, 0.15) is 11.1 Å². The molecule has 3 aromatic carbocycles. The van der Waals surface area contributed by atoms with E-state index in [4.69, 9.17) is 39.5 Å². The zero-order chi connectivity index (χ0) is 21.5. The average Bonchev–Trinajstić information content (AvgIpc) is 2.72. The van der Waals surface area contributed by atoms with Crippen molar-refractivity contribution in [1.29, 1.82) is 5.26 Å². The number of nitrogens with one attached hydrogen (secondary N) is 1. The molecule has 4 nitrogen and oxygen atoms in total. The Morgan fingerprint density at radius 1 is 1.00 bits per heavy atom. The van der Waals surface area contributed by atoms with Crippen molar-refractivity contribution in [2.75, 3.05) is 5.32 Å². The van der Waals surface area contributed by atoms with Gasteiger partial charge in [0.05, 0.1) is 5.02 Å². The molecule has 0 fully saturated rings. The van der Waals surface area contributed by atoms with Crippen molar-refractivity contribution in [2.24, 2.45) is 0 Å². The predicted molar refractivity (Wildman–Crippen MR) is 121 cm³/mol. The molecular weight excluding hydrogens is 443 g/mol. The van der Waals surface area contributed by atoms with Crippen molar-refractivity contribution in [1.82, 2.24) is 0 Å². The number of hydrogen-bond donors (Lipinski definition) is 1. The number of nitriles is 1.